The van der Waals surface area contributed by atoms with Crippen molar-refractivity contribution in [2.75, 3.05) is 27.2 Å². The number of hydrogen-bond donors (Lipinski definition) is 1. The predicted octanol–water partition coefficient (Wildman–Crippen LogP) is 3.38. The normalized spacial score (nSPS) is 19.0. The fourth-order valence-corrected chi connectivity index (χ4v) is 2.47. The lowest BCUT2D eigenvalue weighted by Crippen LogP contribution is -2.22. The second-order valence-electron chi connectivity index (χ2n) is 5.65. The largest absolute Gasteiger partial charge is 0.394 e. The molecule has 0 aromatic rings. The maximum Gasteiger partial charge on any atom is 0.0904 e. The van der Waals surface area contributed by atoms with Gasteiger partial charge in [-0.2, -0.15) is 0 Å². The topological polar surface area (TPSA) is 40.0 Å². The van der Waals surface area contributed by atoms with Gasteiger partial charge >= 0.3 is 0 Å². The summed E-state index contributed by atoms with van der Waals surface area (Å²) in [6, 6.07) is 0. The van der Waals surface area contributed by atoms with Gasteiger partial charge in [-0.3, -0.25) is 4.99 Å². The van der Waals surface area contributed by atoms with Crippen LogP contribution in [0.2, 0.25) is 0 Å². The molecule has 21 heavy (non-hydrogen) atoms. The Kier molecular flexibility index (Phi) is 8.48. The van der Waals surface area contributed by atoms with Crippen LogP contribution in [-0.4, -0.2) is 44.1 Å². The smallest absolute Gasteiger partial charge is 0.0904 e. The standard InChI is InChI=1S/C17H30N4/c1-15(11-17(19-4)16(2)13-18-3)12-20-14-21-9-7-5-6-8-10-21/h12-14,18H,5-11H2,1-4H3/b15-12+,16-13+,19-17-,20-14+. The average molecular weight is 290 g/mol. The van der Waals surface area contributed by atoms with Crippen molar-refractivity contribution < 1.29 is 0 Å². The van der Waals surface area contributed by atoms with E-state index >= 15 is 0 Å². The summed E-state index contributed by atoms with van der Waals surface area (Å²) in [7, 11) is 3.75. The molecular formula is C17H30N4. The molecule has 1 aliphatic heterocycles. The van der Waals surface area contributed by atoms with E-state index in [9.17, 15) is 0 Å². The Morgan fingerprint density at radius 3 is 2.38 bits per heavy atom. The minimum absolute atomic E-state index is 0.845. The van der Waals surface area contributed by atoms with Crippen molar-refractivity contribution in [1.29, 1.82) is 0 Å². The summed E-state index contributed by atoms with van der Waals surface area (Å²) in [6.45, 7) is 6.47. The van der Waals surface area contributed by atoms with Gasteiger partial charge in [0.2, 0.25) is 0 Å². The molecule has 0 spiro atoms. The summed E-state index contributed by atoms with van der Waals surface area (Å²) >= 11 is 0. The molecule has 0 saturated carbocycles. The van der Waals surface area contributed by atoms with Gasteiger partial charge < -0.3 is 10.2 Å². The van der Waals surface area contributed by atoms with Crippen molar-refractivity contribution in [3.63, 3.8) is 0 Å². The third-order valence-corrected chi connectivity index (χ3v) is 3.70. The Labute approximate surface area is 129 Å². The van der Waals surface area contributed by atoms with Gasteiger partial charge in [0.15, 0.2) is 0 Å². The number of likely N-dealkylation sites (tertiary alicyclic amines) is 1. The first-order valence-corrected chi connectivity index (χ1v) is 7.90. The Morgan fingerprint density at radius 2 is 1.81 bits per heavy atom. The SMILES string of the molecule is C/N=C(C/C(C)=C/N=C/N1CCCCCC1)\C(C)=C\NC. The highest BCUT2D eigenvalue weighted by Crippen LogP contribution is 2.10. The van der Waals surface area contributed by atoms with E-state index in [0.29, 0.717) is 0 Å². The van der Waals surface area contributed by atoms with Crippen LogP contribution < -0.4 is 5.32 Å². The van der Waals surface area contributed by atoms with E-state index in [-0.39, 0.29) is 0 Å². The van der Waals surface area contributed by atoms with Gasteiger partial charge in [0.1, 0.15) is 0 Å². The minimum Gasteiger partial charge on any atom is -0.394 e. The third-order valence-electron chi connectivity index (χ3n) is 3.70. The van der Waals surface area contributed by atoms with E-state index < -0.39 is 0 Å². The molecule has 0 aromatic heterocycles. The molecule has 0 atom stereocenters. The molecule has 0 bridgehead atoms. The lowest BCUT2D eigenvalue weighted by molar-refractivity contribution is 0.447. The van der Waals surface area contributed by atoms with Crippen molar-refractivity contribution in [3.05, 3.63) is 23.5 Å². The molecule has 0 unspecified atom stereocenters. The van der Waals surface area contributed by atoms with Crippen molar-refractivity contribution in [2.24, 2.45) is 9.98 Å². The molecule has 1 N–H and O–H groups in total. The Balaban J connectivity index is 2.53. The van der Waals surface area contributed by atoms with E-state index in [1.54, 1.807) is 0 Å². The molecule has 1 saturated heterocycles. The van der Waals surface area contributed by atoms with Crippen molar-refractivity contribution in [1.82, 2.24) is 10.2 Å². The second-order valence-corrected chi connectivity index (χ2v) is 5.65. The first-order valence-electron chi connectivity index (χ1n) is 7.90. The molecule has 118 valence electrons. The summed E-state index contributed by atoms with van der Waals surface area (Å²) in [6.07, 6.45) is 12.1. The van der Waals surface area contributed by atoms with Crippen LogP contribution >= 0.6 is 0 Å². The lowest BCUT2D eigenvalue weighted by atomic mass is 10.1. The molecule has 4 nitrogen and oxygen atoms in total. The number of hydrogen-bond acceptors (Lipinski definition) is 3. The van der Waals surface area contributed by atoms with Crippen LogP contribution in [0, 0.1) is 0 Å². The monoisotopic (exact) mass is 290 g/mol. The zero-order valence-electron chi connectivity index (χ0n) is 14.0. The summed E-state index contributed by atoms with van der Waals surface area (Å²) < 4.78 is 0. The van der Waals surface area contributed by atoms with Crippen molar-refractivity contribution >= 4 is 12.1 Å². The van der Waals surface area contributed by atoms with E-state index in [0.717, 1.165) is 25.2 Å². The maximum absolute atomic E-state index is 4.48. The highest BCUT2D eigenvalue weighted by atomic mass is 15.1. The van der Waals surface area contributed by atoms with Gasteiger partial charge in [-0.25, -0.2) is 4.99 Å². The van der Waals surface area contributed by atoms with Gasteiger partial charge in [-0.1, -0.05) is 12.8 Å². The first kappa shape index (κ1) is 17.5. The molecule has 1 heterocycles. The highest BCUT2D eigenvalue weighted by Gasteiger charge is 2.05. The Morgan fingerprint density at radius 1 is 1.14 bits per heavy atom. The molecule has 4 heteroatoms. The quantitative estimate of drug-likeness (QED) is 0.602. The summed E-state index contributed by atoms with van der Waals surface area (Å²) in [5.74, 6) is 0. The zero-order chi connectivity index (χ0) is 15.5. The Hall–Kier alpha value is -1.58. The summed E-state index contributed by atoms with van der Waals surface area (Å²) in [5.41, 5.74) is 3.50. The molecular weight excluding hydrogens is 260 g/mol. The predicted molar refractivity (Wildman–Crippen MR) is 93.1 cm³/mol. The van der Waals surface area contributed by atoms with Crippen molar-refractivity contribution in [3.8, 4) is 0 Å². The van der Waals surface area contributed by atoms with Crippen LogP contribution in [0.5, 0.6) is 0 Å². The number of aliphatic imine (C=N–C) groups is 2. The van der Waals surface area contributed by atoms with Crippen LogP contribution in [-0.2, 0) is 0 Å². The highest BCUT2D eigenvalue weighted by molar-refractivity contribution is 6.00. The molecule has 0 amide bonds. The van der Waals surface area contributed by atoms with Gasteiger partial charge in [-0.05, 0) is 37.8 Å². The first-order chi connectivity index (χ1) is 10.2. The third kappa shape index (κ3) is 7.11. The average Bonchev–Trinajstić information content (AvgIpc) is 2.73. The summed E-state index contributed by atoms with van der Waals surface area (Å²) in [5, 5.41) is 3.05. The van der Waals surface area contributed by atoms with Crippen molar-refractivity contribution in [2.45, 2.75) is 46.0 Å². The van der Waals surface area contributed by atoms with Crippen LogP contribution in [0.4, 0.5) is 0 Å². The number of rotatable bonds is 6. The molecule has 0 aromatic carbocycles. The van der Waals surface area contributed by atoms with E-state index in [1.165, 1.54) is 36.8 Å². The fraction of sp³-hybridized carbons (Fsp3) is 0.647. The lowest BCUT2D eigenvalue weighted by Gasteiger charge is -2.15. The molecule has 0 aliphatic carbocycles. The molecule has 0 radical (unpaired) electrons. The van der Waals surface area contributed by atoms with Crippen LogP contribution in [0.15, 0.2) is 33.5 Å². The van der Waals surface area contributed by atoms with Crippen LogP contribution in [0.25, 0.3) is 0 Å². The minimum atomic E-state index is 0.845. The fourth-order valence-electron chi connectivity index (χ4n) is 2.47. The van der Waals surface area contributed by atoms with Gasteiger partial charge in [0, 0.05) is 51.7 Å². The van der Waals surface area contributed by atoms with E-state index in [1.807, 2.05) is 32.8 Å². The van der Waals surface area contributed by atoms with Crippen LogP contribution in [0.3, 0.4) is 0 Å². The van der Waals surface area contributed by atoms with E-state index in [2.05, 4.69) is 34.0 Å². The van der Waals surface area contributed by atoms with E-state index in [4.69, 9.17) is 0 Å². The van der Waals surface area contributed by atoms with Gasteiger partial charge in [0.05, 0.1) is 6.34 Å². The second kappa shape index (κ2) is 10.2. The van der Waals surface area contributed by atoms with Gasteiger partial charge in [0.25, 0.3) is 0 Å². The molecule has 1 aliphatic rings. The Bertz CT molecular complexity index is 411. The molecule has 1 rings (SSSR count). The number of allylic oxidation sites excluding steroid dienone is 2. The number of nitrogens with one attached hydrogen (secondary N) is 1. The maximum atomic E-state index is 4.48. The van der Waals surface area contributed by atoms with Crippen LogP contribution in [0.1, 0.15) is 46.0 Å². The number of nitrogens with zero attached hydrogens (tertiary/aromatic N) is 3. The molecule has 1 fully saturated rings. The zero-order valence-corrected chi connectivity index (χ0v) is 14.0. The summed E-state index contributed by atoms with van der Waals surface area (Å²) in [4.78, 5) is 11.2. The van der Waals surface area contributed by atoms with Gasteiger partial charge in [-0.15, -0.1) is 0 Å².